The molecule has 1 aromatic carbocycles. The van der Waals surface area contributed by atoms with Crippen LogP contribution in [0.15, 0.2) is 30.3 Å². The maximum absolute atomic E-state index is 13.6. The van der Waals surface area contributed by atoms with Crippen LogP contribution in [0.2, 0.25) is 0 Å². The number of aliphatic hydroxyl groups is 1. The van der Waals surface area contributed by atoms with Gasteiger partial charge in [-0.05, 0) is 6.42 Å². The lowest BCUT2D eigenvalue weighted by atomic mass is 9.97. The van der Waals surface area contributed by atoms with Crippen LogP contribution in [0, 0.1) is 0 Å². The van der Waals surface area contributed by atoms with Crippen molar-refractivity contribution in [2.24, 2.45) is 0 Å². The summed E-state index contributed by atoms with van der Waals surface area (Å²) in [7, 11) is 1.33. The molecule has 0 aliphatic carbocycles. The molecule has 0 saturated carbocycles. The van der Waals surface area contributed by atoms with Crippen molar-refractivity contribution >= 4 is 5.91 Å². The highest BCUT2D eigenvalue weighted by molar-refractivity contribution is 5.77. The Bertz CT molecular complexity index is 508. The van der Waals surface area contributed by atoms with E-state index in [0.717, 1.165) is 6.42 Å². The van der Waals surface area contributed by atoms with Crippen molar-refractivity contribution in [1.82, 2.24) is 4.90 Å². The molecule has 7 heteroatoms. The van der Waals surface area contributed by atoms with Gasteiger partial charge >= 0.3 is 6.30 Å². The Morgan fingerprint density at radius 2 is 1.83 bits per heavy atom. The second-order valence-corrected chi connectivity index (χ2v) is 5.58. The number of methoxy groups -OCH3 is 1. The molecule has 0 bridgehead atoms. The number of nitrogens with zero attached hydrogens (tertiary/aromatic N) is 1. The molecule has 0 heterocycles. The van der Waals surface area contributed by atoms with Crippen molar-refractivity contribution < 1.29 is 27.8 Å². The predicted molar refractivity (Wildman–Crippen MR) is 83.9 cm³/mol. The summed E-state index contributed by atoms with van der Waals surface area (Å²) in [5.41, 5.74) is -2.50. The molecule has 0 fully saturated rings. The van der Waals surface area contributed by atoms with Gasteiger partial charge in [0.1, 0.15) is 0 Å². The lowest BCUT2D eigenvalue weighted by molar-refractivity contribution is -0.310. The van der Waals surface area contributed by atoms with Crippen LogP contribution in [-0.4, -0.2) is 35.9 Å². The van der Waals surface area contributed by atoms with E-state index in [-0.39, 0.29) is 29.9 Å². The third-order valence-electron chi connectivity index (χ3n) is 3.76. The van der Waals surface area contributed by atoms with E-state index in [0.29, 0.717) is 12.8 Å². The van der Waals surface area contributed by atoms with Gasteiger partial charge in [0.2, 0.25) is 5.91 Å². The van der Waals surface area contributed by atoms with E-state index >= 15 is 0 Å². The smallest absolute Gasteiger partial charge is 0.384 e. The third kappa shape index (κ3) is 5.21. The Hall–Kier alpha value is -1.60. The summed E-state index contributed by atoms with van der Waals surface area (Å²) in [5, 5.41) is 10.8. The lowest BCUT2D eigenvalue weighted by Crippen LogP contribution is -2.57. The minimum Gasteiger partial charge on any atom is -0.384 e. The SMILES string of the molecule is CCCCCC(=O)N(C(F)(F)F)C(O)(CCOC)c1ccccc1. The van der Waals surface area contributed by atoms with Gasteiger partial charge in [0, 0.05) is 25.5 Å². The van der Waals surface area contributed by atoms with Crippen molar-refractivity contribution in [3.05, 3.63) is 35.9 Å². The number of ether oxygens (including phenoxy) is 1. The lowest BCUT2D eigenvalue weighted by Gasteiger charge is -2.40. The van der Waals surface area contributed by atoms with Gasteiger partial charge in [-0.2, -0.15) is 0 Å². The zero-order valence-electron chi connectivity index (χ0n) is 14.0. The number of alkyl halides is 3. The van der Waals surface area contributed by atoms with Gasteiger partial charge in [0.05, 0.1) is 6.61 Å². The fraction of sp³-hybridized carbons (Fsp3) is 0.588. The Morgan fingerprint density at radius 1 is 1.21 bits per heavy atom. The summed E-state index contributed by atoms with van der Waals surface area (Å²) in [6.07, 6.45) is -3.87. The van der Waals surface area contributed by atoms with Crippen LogP contribution in [0.1, 0.15) is 44.6 Å². The average Bonchev–Trinajstić information content (AvgIpc) is 2.53. The summed E-state index contributed by atoms with van der Waals surface area (Å²) in [6.45, 7) is 1.77. The van der Waals surface area contributed by atoms with Crippen LogP contribution < -0.4 is 0 Å². The van der Waals surface area contributed by atoms with Gasteiger partial charge in [-0.15, -0.1) is 13.2 Å². The molecule has 1 rings (SSSR count). The molecule has 1 N–H and O–H groups in total. The number of benzene rings is 1. The van der Waals surface area contributed by atoms with E-state index in [1.54, 1.807) is 6.07 Å². The monoisotopic (exact) mass is 347 g/mol. The summed E-state index contributed by atoms with van der Waals surface area (Å²) in [5.74, 6) is -1.14. The van der Waals surface area contributed by atoms with E-state index < -0.39 is 17.9 Å². The molecule has 1 unspecified atom stereocenters. The minimum atomic E-state index is -5.00. The standard InChI is InChI=1S/C17H24F3NO3/c1-3-4-6-11-15(22)21(17(18,19)20)16(23,12-13-24-2)14-9-7-5-8-10-14/h5,7-10,23H,3-4,6,11-13H2,1-2H3. The average molecular weight is 347 g/mol. The molecule has 0 saturated heterocycles. The highest BCUT2D eigenvalue weighted by Crippen LogP contribution is 2.38. The van der Waals surface area contributed by atoms with Gasteiger partial charge in [0.15, 0.2) is 5.72 Å². The molecule has 0 aliphatic heterocycles. The zero-order valence-corrected chi connectivity index (χ0v) is 14.0. The molecular weight excluding hydrogens is 323 g/mol. The van der Waals surface area contributed by atoms with Gasteiger partial charge in [0.25, 0.3) is 0 Å². The Kier molecular flexibility index (Phi) is 7.69. The first-order valence-electron chi connectivity index (χ1n) is 7.94. The van der Waals surface area contributed by atoms with Crippen molar-refractivity contribution in [1.29, 1.82) is 0 Å². The number of carbonyl (C=O) groups excluding carboxylic acids is 1. The maximum Gasteiger partial charge on any atom is 0.489 e. The Morgan fingerprint density at radius 3 is 2.33 bits per heavy atom. The van der Waals surface area contributed by atoms with Crippen molar-refractivity contribution in [3.8, 4) is 0 Å². The molecule has 0 aromatic heterocycles. The van der Waals surface area contributed by atoms with E-state index in [1.165, 1.54) is 31.4 Å². The Labute approximate surface area is 140 Å². The summed E-state index contributed by atoms with van der Waals surface area (Å²) in [6, 6.07) is 7.40. The van der Waals surface area contributed by atoms with Gasteiger partial charge in [-0.3, -0.25) is 4.79 Å². The third-order valence-corrected chi connectivity index (χ3v) is 3.76. The van der Waals surface area contributed by atoms with E-state index in [9.17, 15) is 23.1 Å². The number of unbranched alkanes of at least 4 members (excludes halogenated alkanes) is 2. The minimum absolute atomic E-state index is 0.00298. The molecule has 0 spiro atoms. The first kappa shape index (κ1) is 20.4. The molecule has 136 valence electrons. The van der Waals surface area contributed by atoms with Crippen LogP contribution in [0.4, 0.5) is 13.2 Å². The highest BCUT2D eigenvalue weighted by atomic mass is 19.4. The van der Waals surface area contributed by atoms with Crippen LogP contribution in [0.3, 0.4) is 0 Å². The predicted octanol–water partition coefficient (Wildman–Crippen LogP) is 3.80. The number of halogens is 3. The number of hydrogen-bond acceptors (Lipinski definition) is 3. The van der Waals surface area contributed by atoms with E-state index in [2.05, 4.69) is 0 Å². The molecule has 1 atom stereocenters. The molecule has 0 aliphatic rings. The zero-order chi connectivity index (χ0) is 18.2. The first-order chi connectivity index (χ1) is 11.3. The van der Waals surface area contributed by atoms with Crippen LogP contribution in [-0.2, 0) is 15.3 Å². The second kappa shape index (κ2) is 9.03. The number of amides is 1. The van der Waals surface area contributed by atoms with Crippen molar-refractivity contribution in [3.63, 3.8) is 0 Å². The van der Waals surface area contributed by atoms with Gasteiger partial charge in [-0.1, -0.05) is 50.1 Å². The van der Waals surface area contributed by atoms with E-state index in [4.69, 9.17) is 4.74 Å². The number of carbonyl (C=O) groups is 1. The topological polar surface area (TPSA) is 49.8 Å². The molecular formula is C17H24F3NO3. The Balaban J connectivity index is 3.23. The quantitative estimate of drug-likeness (QED) is 0.420. The number of rotatable bonds is 9. The maximum atomic E-state index is 13.6. The summed E-state index contributed by atoms with van der Waals surface area (Å²) >= 11 is 0. The van der Waals surface area contributed by atoms with Gasteiger partial charge < -0.3 is 9.84 Å². The number of hydrogen-bond donors (Lipinski definition) is 1. The molecule has 0 radical (unpaired) electrons. The molecule has 24 heavy (non-hydrogen) atoms. The van der Waals surface area contributed by atoms with Crippen molar-refractivity contribution in [2.45, 2.75) is 51.1 Å². The van der Waals surface area contributed by atoms with Crippen LogP contribution >= 0.6 is 0 Å². The summed E-state index contributed by atoms with van der Waals surface area (Å²) < 4.78 is 45.6. The fourth-order valence-electron chi connectivity index (χ4n) is 2.53. The molecule has 4 nitrogen and oxygen atoms in total. The molecule has 1 amide bonds. The first-order valence-corrected chi connectivity index (χ1v) is 7.94. The largest absolute Gasteiger partial charge is 0.489 e. The summed E-state index contributed by atoms with van der Waals surface area (Å²) in [4.78, 5) is 11.9. The second-order valence-electron chi connectivity index (χ2n) is 5.58. The van der Waals surface area contributed by atoms with Crippen LogP contribution in [0.5, 0.6) is 0 Å². The van der Waals surface area contributed by atoms with Crippen molar-refractivity contribution in [2.75, 3.05) is 13.7 Å². The molecule has 1 aromatic rings. The van der Waals surface area contributed by atoms with Gasteiger partial charge in [-0.25, -0.2) is 4.90 Å². The van der Waals surface area contributed by atoms with Crippen LogP contribution in [0.25, 0.3) is 0 Å². The van der Waals surface area contributed by atoms with E-state index in [1.807, 2.05) is 6.92 Å². The normalized spacial score (nSPS) is 14.2. The fourth-order valence-corrected chi connectivity index (χ4v) is 2.53. The highest BCUT2D eigenvalue weighted by Gasteiger charge is 2.53.